The number of ether oxygens (including phenoxy) is 1. The summed E-state index contributed by atoms with van der Waals surface area (Å²) in [6, 6.07) is 23.7. The van der Waals surface area contributed by atoms with E-state index in [-0.39, 0.29) is 12.3 Å². The first-order chi connectivity index (χ1) is 15.0. The molecule has 0 saturated carbocycles. The van der Waals surface area contributed by atoms with E-state index in [0.717, 1.165) is 29.7 Å². The van der Waals surface area contributed by atoms with Gasteiger partial charge in [0.2, 0.25) is 0 Å². The average Bonchev–Trinajstić information content (AvgIpc) is 3.02. The lowest BCUT2D eigenvalue weighted by Crippen LogP contribution is -2.19. The van der Waals surface area contributed by atoms with Crippen molar-refractivity contribution in [2.24, 2.45) is 14.1 Å². The van der Waals surface area contributed by atoms with Gasteiger partial charge in [-0.25, -0.2) is 4.79 Å². The summed E-state index contributed by atoms with van der Waals surface area (Å²) in [6.45, 7) is 1.73. The van der Waals surface area contributed by atoms with Crippen LogP contribution < -0.4 is 15.7 Å². The minimum absolute atomic E-state index is 0.0868. The topological polar surface area (TPSA) is 68.4 Å². The minimum atomic E-state index is -0.785. The second-order valence-electron chi connectivity index (χ2n) is 7.71. The van der Waals surface area contributed by atoms with Crippen LogP contribution in [0.5, 0.6) is 5.75 Å². The largest absolute Gasteiger partial charge is 0.491 e. The van der Waals surface area contributed by atoms with Gasteiger partial charge in [-0.2, -0.15) is 0 Å². The van der Waals surface area contributed by atoms with Crippen molar-refractivity contribution in [3.63, 3.8) is 0 Å². The zero-order valence-electron chi connectivity index (χ0n) is 17.8. The van der Waals surface area contributed by atoms with Crippen LogP contribution in [0.4, 0.5) is 0 Å². The lowest BCUT2D eigenvalue weighted by molar-refractivity contribution is 0.108. The fourth-order valence-corrected chi connectivity index (χ4v) is 3.65. The summed E-state index contributed by atoms with van der Waals surface area (Å²) in [6.07, 6.45) is -0.785. The van der Waals surface area contributed by atoms with Crippen molar-refractivity contribution >= 4 is 11.0 Å². The van der Waals surface area contributed by atoms with Gasteiger partial charge in [0.15, 0.2) is 0 Å². The van der Waals surface area contributed by atoms with Crippen LogP contribution in [-0.2, 0) is 27.2 Å². The summed E-state index contributed by atoms with van der Waals surface area (Å²) >= 11 is 0. The number of fused-ring (bicyclic) bond motifs is 1. The summed E-state index contributed by atoms with van der Waals surface area (Å²) in [7, 11) is 3.47. The molecule has 0 fully saturated rings. The van der Waals surface area contributed by atoms with Crippen molar-refractivity contribution < 1.29 is 9.84 Å². The minimum Gasteiger partial charge on any atom is -0.491 e. The molecule has 6 nitrogen and oxygen atoms in total. The zero-order valence-corrected chi connectivity index (χ0v) is 17.8. The van der Waals surface area contributed by atoms with E-state index in [0.29, 0.717) is 5.75 Å². The van der Waals surface area contributed by atoms with E-state index in [2.05, 4.69) is 17.4 Å². The van der Waals surface area contributed by atoms with E-state index in [1.807, 2.05) is 60.7 Å². The summed E-state index contributed by atoms with van der Waals surface area (Å²) in [5, 5.41) is 14.0. The molecule has 160 valence electrons. The molecule has 0 radical (unpaired) electrons. The molecule has 4 rings (SSSR count). The molecule has 1 aromatic heterocycles. The van der Waals surface area contributed by atoms with E-state index in [1.165, 1.54) is 11.1 Å². The van der Waals surface area contributed by atoms with Crippen LogP contribution in [0.25, 0.3) is 11.0 Å². The van der Waals surface area contributed by atoms with Crippen LogP contribution in [-0.4, -0.2) is 20.8 Å². The van der Waals surface area contributed by atoms with Gasteiger partial charge in [0.05, 0.1) is 11.0 Å². The van der Waals surface area contributed by atoms with E-state index in [1.54, 1.807) is 23.2 Å². The highest BCUT2D eigenvalue weighted by atomic mass is 16.5. The number of rotatable bonds is 8. The summed E-state index contributed by atoms with van der Waals surface area (Å²) in [5.41, 5.74) is 4.67. The van der Waals surface area contributed by atoms with Crippen molar-refractivity contribution in [3.8, 4) is 5.75 Å². The Morgan fingerprint density at radius 1 is 0.871 bits per heavy atom. The Balaban J connectivity index is 1.32. The van der Waals surface area contributed by atoms with E-state index in [4.69, 9.17) is 4.74 Å². The van der Waals surface area contributed by atoms with E-state index < -0.39 is 6.10 Å². The van der Waals surface area contributed by atoms with Crippen LogP contribution in [0.2, 0.25) is 0 Å². The van der Waals surface area contributed by atoms with Crippen molar-refractivity contribution in [3.05, 3.63) is 100.0 Å². The number of aryl methyl sites for hydroxylation is 2. The lowest BCUT2D eigenvalue weighted by Gasteiger charge is -2.14. The van der Waals surface area contributed by atoms with Crippen LogP contribution in [0.1, 0.15) is 22.8 Å². The predicted molar refractivity (Wildman–Crippen MR) is 122 cm³/mol. The number of aliphatic hydroxyl groups is 1. The average molecular weight is 418 g/mol. The lowest BCUT2D eigenvalue weighted by atomic mass is 10.1. The molecule has 0 aliphatic carbocycles. The first kappa shape index (κ1) is 20.9. The smallest absolute Gasteiger partial charge is 0.328 e. The van der Waals surface area contributed by atoms with Crippen molar-refractivity contribution in [2.45, 2.75) is 19.2 Å². The molecule has 0 aliphatic heterocycles. The summed E-state index contributed by atoms with van der Waals surface area (Å²) < 4.78 is 8.95. The van der Waals surface area contributed by atoms with Crippen molar-refractivity contribution in [1.29, 1.82) is 0 Å². The Morgan fingerprint density at radius 2 is 1.52 bits per heavy atom. The Kier molecular flexibility index (Phi) is 6.21. The molecular formula is C25H27N3O3. The monoisotopic (exact) mass is 417 g/mol. The highest BCUT2D eigenvalue weighted by molar-refractivity contribution is 5.77. The number of benzene rings is 3. The van der Waals surface area contributed by atoms with Gasteiger partial charge in [-0.3, -0.25) is 9.13 Å². The molecule has 1 atom stereocenters. The molecule has 31 heavy (non-hydrogen) atoms. The third-order valence-electron chi connectivity index (χ3n) is 5.51. The maximum atomic E-state index is 12.1. The van der Waals surface area contributed by atoms with Gasteiger partial charge in [0.1, 0.15) is 18.5 Å². The highest BCUT2D eigenvalue weighted by Gasteiger charge is 2.13. The molecule has 0 bridgehead atoms. The molecule has 2 N–H and O–H groups in total. The molecule has 0 aliphatic rings. The molecule has 1 heterocycles. The van der Waals surface area contributed by atoms with Gasteiger partial charge in [0.25, 0.3) is 0 Å². The number of nitrogens with one attached hydrogen (secondary N) is 1. The van der Waals surface area contributed by atoms with Crippen molar-refractivity contribution in [2.75, 3.05) is 6.61 Å². The molecule has 0 spiro atoms. The van der Waals surface area contributed by atoms with Gasteiger partial charge in [0, 0.05) is 27.2 Å². The molecule has 3 aromatic carbocycles. The SMILES string of the molecule is Cn1c(=O)n(C)c2cc([C@@H](O)COc3ccc(CNCc4ccccc4)cc3)ccc21. The van der Waals surface area contributed by atoms with Crippen LogP contribution in [0.3, 0.4) is 0 Å². The highest BCUT2D eigenvalue weighted by Crippen LogP contribution is 2.21. The van der Waals surface area contributed by atoms with Crippen LogP contribution in [0, 0.1) is 0 Å². The second-order valence-corrected chi connectivity index (χ2v) is 7.71. The van der Waals surface area contributed by atoms with E-state index in [9.17, 15) is 9.90 Å². The van der Waals surface area contributed by atoms with Crippen LogP contribution in [0.15, 0.2) is 77.6 Å². The molecule has 0 saturated heterocycles. The van der Waals surface area contributed by atoms with Gasteiger partial charge in [-0.05, 0) is 41.0 Å². The number of hydrogen-bond donors (Lipinski definition) is 2. The maximum Gasteiger partial charge on any atom is 0.328 e. The second kappa shape index (κ2) is 9.20. The van der Waals surface area contributed by atoms with Crippen molar-refractivity contribution in [1.82, 2.24) is 14.5 Å². The fraction of sp³-hybridized carbons (Fsp3) is 0.240. The quantitative estimate of drug-likeness (QED) is 0.462. The number of aliphatic hydroxyl groups excluding tert-OH is 1. The first-order valence-electron chi connectivity index (χ1n) is 10.3. The standard InChI is InChI=1S/C25H27N3O3/c1-27-22-13-10-20(14-23(22)28(2)25(27)30)24(29)17-31-21-11-8-19(9-12-21)16-26-15-18-6-4-3-5-7-18/h3-14,24,26,29H,15-17H2,1-2H3/t24-/m0/s1. The third-order valence-corrected chi connectivity index (χ3v) is 5.51. The number of imidazole rings is 1. The molecule has 6 heteroatoms. The molecular weight excluding hydrogens is 390 g/mol. The molecule has 0 amide bonds. The Morgan fingerprint density at radius 3 is 2.23 bits per heavy atom. The first-order valence-corrected chi connectivity index (χ1v) is 10.3. The molecule has 4 aromatic rings. The van der Waals surface area contributed by atoms with E-state index >= 15 is 0 Å². The predicted octanol–water partition coefficient (Wildman–Crippen LogP) is 3.28. The maximum absolute atomic E-state index is 12.1. The Bertz CT molecular complexity index is 1210. The van der Waals surface area contributed by atoms with Gasteiger partial charge in [-0.1, -0.05) is 48.5 Å². The summed E-state index contributed by atoms with van der Waals surface area (Å²) in [4.78, 5) is 12.1. The Labute approximate surface area is 181 Å². The third kappa shape index (κ3) is 4.71. The normalized spacial score (nSPS) is 12.2. The van der Waals surface area contributed by atoms with Gasteiger partial charge in [-0.15, -0.1) is 0 Å². The zero-order chi connectivity index (χ0) is 21.8. The summed E-state index contributed by atoms with van der Waals surface area (Å²) in [5.74, 6) is 0.707. The Hall–Kier alpha value is -3.35. The van der Waals surface area contributed by atoms with Gasteiger partial charge >= 0.3 is 5.69 Å². The van der Waals surface area contributed by atoms with Crippen LogP contribution >= 0.6 is 0 Å². The number of hydrogen-bond acceptors (Lipinski definition) is 4. The fourth-order valence-electron chi connectivity index (χ4n) is 3.65. The molecule has 0 unspecified atom stereocenters. The van der Waals surface area contributed by atoms with Gasteiger partial charge < -0.3 is 15.2 Å². The number of nitrogens with zero attached hydrogens (tertiary/aromatic N) is 2. The number of aromatic nitrogens is 2.